The summed E-state index contributed by atoms with van der Waals surface area (Å²) in [4.78, 5) is 11.9. The molecule has 0 saturated heterocycles. The van der Waals surface area contributed by atoms with E-state index >= 15 is 0 Å². The zero-order chi connectivity index (χ0) is 13.8. The van der Waals surface area contributed by atoms with Crippen molar-refractivity contribution in [3.8, 4) is 5.75 Å². The van der Waals surface area contributed by atoms with Gasteiger partial charge in [-0.1, -0.05) is 18.2 Å². The smallest absolute Gasteiger partial charge is 0.258 e. The minimum absolute atomic E-state index is 0.137. The first kappa shape index (κ1) is 13.4. The Balaban J connectivity index is 2.26. The molecule has 2 rings (SSSR count). The van der Waals surface area contributed by atoms with Crippen LogP contribution in [0.1, 0.15) is 15.9 Å². The Morgan fingerprint density at radius 3 is 2.68 bits per heavy atom. The first-order valence-electron chi connectivity index (χ1n) is 5.55. The van der Waals surface area contributed by atoms with Gasteiger partial charge in [0.05, 0.1) is 5.56 Å². The van der Waals surface area contributed by atoms with E-state index in [0.717, 1.165) is 11.6 Å². The van der Waals surface area contributed by atoms with Gasteiger partial charge in [-0.3, -0.25) is 4.79 Å². The van der Waals surface area contributed by atoms with Crippen LogP contribution >= 0.6 is 11.6 Å². The molecule has 0 aromatic heterocycles. The fourth-order valence-corrected chi connectivity index (χ4v) is 1.87. The molecule has 0 aliphatic heterocycles. The number of nitrogens with one attached hydrogen (secondary N) is 1. The van der Waals surface area contributed by atoms with E-state index in [0.29, 0.717) is 5.69 Å². The van der Waals surface area contributed by atoms with Gasteiger partial charge in [0.1, 0.15) is 11.6 Å². The van der Waals surface area contributed by atoms with E-state index < -0.39 is 11.7 Å². The van der Waals surface area contributed by atoms with Gasteiger partial charge < -0.3 is 10.4 Å². The third kappa shape index (κ3) is 3.03. The van der Waals surface area contributed by atoms with Crippen LogP contribution in [0.15, 0.2) is 42.5 Å². The molecule has 0 atom stereocenters. The van der Waals surface area contributed by atoms with Crippen LogP contribution < -0.4 is 5.32 Å². The molecule has 2 aromatic carbocycles. The van der Waals surface area contributed by atoms with E-state index in [-0.39, 0.29) is 17.2 Å². The summed E-state index contributed by atoms with van der Waals surface area (Å²) in [7, 11) is 0. The van der Waals surface area contributed by atoms with Crippen molar-refractivity contribution in [1.82, 2.24) is 0 Å². The number of phenolic OH excluding ortho intramolecular Hbond substituents is 1. The van der Waals surface area contributed by atoms with Gasteiger partial charge in [-0.15, -0.1) is 11.6 Å². The molecule has 2 N–H and O–H groups in total. The number of carbonyl (C=O) groups excluding carboxylic acids is 1. The number of amides is 1. The highest BCUT2D eigenvalue weighted by Gasteiger charge is 2.13. The lowest BCUT2D eigenvalue weighted by Crippen LogP contribution is -2.14. The number of hydrogen-bond donors (Lipinski definition) is 2. The van der Waals surface area contributed by atoms with Crippen LogP contribution in [0.4, 0.5) is 10.1 Å². The maximum Gasteiger partial charge on any atom is 0.258 e. The second-order valence-electron chi connectivity index (χ2n) is 3.91. The molecule has 98 valence electrons. The molecular weight excluding hydrogens is 269 g/mol. The van der Waals surface area contributed by atoms with E-state index in [1.54, 1.807) is 24.3 Å². The van der Waals surface area contributed by atoms with E-state index in [1.165, 1.54) is 12.1 Å². The summed E-state index contributed by atoms with van der Waals surface area (Å²) in [6.07, 6.45) is 0. The standard InChI is InChI=1S/C14H11ClFNO2/c15-8-9-3-1-2-4-13(9)17-14(19)11-6-5-10(18)7-12(11)16/h1-7,18H,8H2,(H,17,19). The molecule has 0 fully saturated rings. The first-order chi connectivity index (χ1) is 9.11. The van der Waals surface area contributed by atoms with Crippen molar-refractivity contribution in [3.63, 3.8) is 0 Å². The Morgan fingerprint density at radius 2 is 2.00 bits per heavy atom. The van der Waals surface area contributed by atoms with Crippen molar-refractivity contribution in [3.05, 3.63) is 59.4 Å². The largest absolute Gasteiger partial charge is 0.508 e. The molecule has 0 heterocycles. The molecule has 0 saturated carbocycles. The summed E-state index contributed by atoms with van der Waals surface area (Å²) in [6.45, 7) is 0. The van der Waals surface area contributed by atoms with Crippen molar-refractivity contribution in [1.29, 1.82) is 0 Å². The maximum absolute atomic E-state index is 13.5. The normalized spacial score (nSPS) is 10.2. The highest BCUT2D eigenvalue weighted by molar-refractivity contribution is 6.17. The summed E-state index contributed by atoms with van der Waals surface area (Å²) in [5.41, 5.74) is 1.15. The van der Waals surface area contributed by atoms with Crippen molar-refractivity contribution >= 4 is 23.2 Å². The van der Waals surface area contributed by atoms with Crippen LogP contribution in [0.5, 0.6) is 5.75 Å². The molecule has 0 spiro atoms. The van der Waals surface area contributed by atoms with Gasteiger partial charge in [0, 0.05) is 17.6 Å². The number of rotatable bonds is 3. The SMILES string of the molecule is O=C(Nc1ccccc1CCl)c1ccc(O)cc1F. The van der Waals surface area contributed by atoms with E-state index in [4.69, 9.17) is 16.7 Å². The van der Waals surface area contributed by atoms with Crippen molar-refractivity contribution in [2.45, 2.75) is 5.88 Å². The zero-order valence-corrected chi connectivity index (χ0v) is 10.6. The minimum Gasteiger partial charge on any atom is -0.508 e. The van der Waals surface area contributed by atoms with Crippen LogP contribution in [0.2, 0.25) is 0 Å². The van der Waals surface area contributed by atoms with Gasteiger partial charge in [-0.2, -0.15) is 0 Å². The Morgan fingerprint density at radius 1 is 1.26 bits per heavy atom. The fraction of sp³-hybridized carbons (Fsp3) is 0.0714. The van der Waals surface area contributed by atoms with Gasteiger partial charge in [0.25, 0.3) is 5.91 Å². The van der Waals surface area contributed by atoms with E-state index in [9.17, 15) is 9.18 Å². The number of anilines is 1. The average molecular weight is 280 g/mol. The van der Waals surface area contributed by atoms with Crippen molar-refractivity contribution in [2.75, 3.05) is 5.32 Å². The minimum atomic E-state index is -0.777. The number of alkyl halides is 1. The third-order valence-corrected chi connectivity index (χ3v) is 2.89. The van der Waals surface area contributed by atoms with Gasteiger partial charge in [-0.25, -0.2) is 4.39 Å². The van der Waals surface area contributed by atoms with Gasteiger partial charge >= 0.3 is 0 Å². The highest BCUT2D eigenvalue weighted by Crippen LogP contribution is 2.20. The molecule has 0 aliphatic carbocycles. The van der Waals surface area contributed by atoms with Crippen LogP contribution in [0.3, 0.4) is 0 Å². The Hall–Kier alpha value is -2.07. The lowest BCUT2D eigenvalue weighted by atomic mass is 10.1. The van der Waals surface area contributed by atoms with Crippen LogP contribution in [-0.2, 0) is 5.88 Å². The Kier molecular flexibility index (Phi) is 4.02. The molecule has 19 heavy (non-hydrogen) atoms. The predicted octanol–water partition coefficient (Wildman–Crippen LogP) is 3.52. The molecular formula is C14H11ClFNO2. The molecule has 1 amide bonds. The summed E-state index contributed by atoms with van der Waals surface area (Å²) < 4.78 is 13.5. The third-order valence-electron chi connectivity index (χ3n) is 2.61. The number of carbonyl (C=O) groups is 1. The Labute approximate surface area is 114 Å². The van der Waals surface area contributed by atoms with Crippen LogP contribution in [0, 0.1) is 5.82 Å². The first-order valence-corrected chi connectivity index (χ1v) is 6.09. The van der Waals surface area contributed by atoms with Gasteiger partial charge in [0.2, 0.25) is 0 Å². The quantitative estimate of drug-likeness (QED) is 0.845. The lowest BCUT2D eigenvalue weighted by Gasteiger charge is -2.09. The van der Waals surface area contributed by atoms with Crippen LogP contribution in [0.25, 0.3) is 0 Å². The molecule has 2 aromatic rings. The number of benzene rings is 2. The predicted molar refractivity (Wildman–Crippen MR) is 72.0 cm³/mol. The topological polar surface area (TPSA) is 49.3 Å². The molecule has 0 radical (unpaired) electrons. The average Bonchev–Trinajstić information content (AvgIpc) is 2.39. The lowest BCUT2D eigenvalue weighted by molar-refractivity contribution is 0.102. The number of hydrogen-bond acceptors (Lipinski definition) is 2. The second-order valence-corrected chi connectivity index (χ2v) is 4.18. The second kappa shape index (κ2) is 5.71. The number of para-hydroxylation sites is 1. The van der Waals surface area contributed by atoms with Crippen molar-refractivity contribution < 1.29 is 14.3 Å². The summed E-state index contributed by atoms with van der Waals surface area (Å²) in [5, 5.41) is 11.7. The molecule has 5 heteroatoms. The summed E-state index contributed by atoms with van der Waals surface area (Å²) in [6, 6.07) is 10.4. The number of aromatic hydroxyl groups is 1. The summed E-state index contributed by atoms with van der Waals surface area (Å²) in [5.74, 6) is -1.35. The monoisotopic (exact) mass is 279 g/mol. The van der Waals surface area contributed by atoms with E-state index in [2.05, 4.69) is 5.32 Å². The van der Waals surface area contributed by atoms with E-state index in [1.807, 2.05) is 0 Å². The van der Waals surface area contributed by atoms with Gasteiger partial charge in [-0.05, 0) is 23.8 Å². The molecule has 3 nitrogen and oxygen atoms in total. The maximum atomic E-state index is 13.5. The summed E-state index contributed by atoms with van der Waals surface area (Å²) >= 11 is 5.76. The number of halogens is 2. The molecule has 0 unspecified atom stereocenters. The van der Waals surface area contributed by atoms with Crippen molar-refractivity contribution in [2.24, 2.45) is 0 Å². The van der Waals surface area contributed by atoms with Gasteiger partial charge in [0.15, 0.2) is 0 Å². The zero-order valence-electron chi connectivity index (χ0n) is 9.86. The fourth-order valence-electron chi connectivity index (χ4n) is 1.64. The van der Waals surface area contributed by atoms with Crippen LogP contribution in [-0.4, -0.2) is 11.0 Å². The highest BCUT2D eigenvalue weighted by atomic mass is 35.5. The number of phenols is 1. The molecule has 0 bridgehead atoms. The Bertz CT molecular complexity index is 616. The molecule has 0 aliphatic rings.